The zero-order valence-electron chi connectivity index (χ0n) is 10.4. The summed E-state index contributed by atoms with van der Waals surface area (Å²) in [5.41, 5.74) is 0. The van der Waals surface area contributed by atoms with Gasteiger partial charge < -0.3 is 0 Å². The molecule has 0 radical (unpaired) electrons. The number of hydrogen-bond acceptors (Lipinski definition) is 0. The van der Waals surface area contributed by atoms with Gasteiger partial charge in [-0.3, -0.25) is 4.39 Å². The molecule has 0 N–H and O–H groups in total. The van der Waals surface area contributed by atoms with Gasteiger partial charge in [0.25, 0.3) is 0 Å². The molecule has 0 saturated carbocycles. The van der Waals surface area contributed by atoms with Crippen LogP contribution in [0.5, 0.6) is 0 Å². The summed E-state index contributed by atoms with van der Waals surface area (Å²) in [6, 6.07) is 0. The van der Waals surface area contributed by atoms with Crippen LogP contribution in [-0.4, -0.2) is 42.5 Å². The Balaban J connectivity index is 6.03. The van der Waals surface area contributed by atoms with Gasteiger partial charge in [0.1, 0.15) is 0 Å². The molecule has 14 heteroatoms. The van der Waals surface area contributed by atoms with Crippen LogP contribution in [0.4, 0.5) is 61.5 Å². The van der Waals surface area contributed by atoms with Crippen molar-refractivity contribution in [3.63, 3.8) is 0 Å². The summed E-state index contributed by atoms with van der Waals surface area (Å²) in [5.74, 6) is -36.9. The largest absolute Gasteiger partial charge is 0.460 e. The Labute approximate surface area is 118 Å². The predicted octanol–water partition coefficient (Wildman–Crippen LogP) is 5.47. The van der Waals surface area contributed by atoms with E-state index in [0.717, 1.165) is 0 Å². The summed E-state index contributed by atoms with van der Waals surface area (Å²) in [7, 11) is 0. The third-order valence-corrected chi connectivity index (χ3v) is 2.62. The van der Waals surface area contributed by atoms with Gasteiger partial charge in [0.15, 0.2) is 0 Å². The predicted molar refractivity (Wildman–Crippen MR) is 46.0 cm³/mol. The van der Waals surface area contributed by atoms with Crippen LogP contribution in [0.15, 0.2) is 0 Å². The second-order valence-corrected chi connectivity index (χ2v) is 4.29. The topological polar surface area (TPSA) is 0 Å². The van der Waals surface area contributed by atoms with E-state index >= 15 is 0 Å². The fraction of sp³-hybridized carbons (Fsp3) is 1.00. The molecule has 0 amide bonds. The van der Waals surface area contributed by atoms with E-state index in [1.165, 1.54) is 0 Å². The molecule has 0 unspecified atom stereocenters. The minimum absolute atomic E-state index is 1.56. The highest BCUT2D eigenvalue weighted by Crippen LogP contribution is 2.60. The monoisotopic (exact) mass is 380 g/mol. The normalized spacial score (nSPS) is 15.9. The summed E-state index contributed by atoms with van der Waals surface area (Å²) in [4.78, 5) is 0. The van der Waals surface area contributed by atoms with E-state index in [1.54, 1.807) is 0 Å². The van der Waals surface area contributed by atoms with E-state index in [2.05, 4.69) is 0 Å². The van der Waals surface area contributed by atoms with E-state index in [0.29, 0.717) is 0 Å². The SMILES string of the molecule is FCCCC(F)(F)C(F)(F)C(F)(F)C(F)(F)C(F)(F)C(F)(F)F. The molecule has 0 fully saturated rings. The van der Waals surface area contributed by atoms with Gasteiger partial charge in [0.05, 0.1) is 6.67 Å². The van der Waals surface area contributed by atoms with Crippen LogP contribution in [0.2, 0.25) is 0 Å². The molecule has 0 heterocycles. The zero-order valence-corrected chi connectivity index (χ0v) is 10.4. The van der Waals surface area contributed by atoms with Crippen LogP contribution in [0.25, 0.3) is 0 Å². The summed E-state index contributed by atoms with van der Waals surface area (Å²) >= 11 is 0. The molecule has 0 aromatic rings. The highest BCUT2D eigenvalue weighted by atomic mass is 19.4. The number of rotatable bonds is 7. The van der Waals surface area contributed by atoms with Crippen LogP contribution < -0.4 is 0 Å². The Morgan fingerprint density at radius 1 is 0.478 bits per heavy atom. The van der Waals surface area contributed by atoms with Crippen LogP contribution in [0.1, 0.15) is 12.8 Å². The van der Waals surface area contributed by atoms with Gasteiger partial charge in [-0.25, -0.2) is 0 Å². The smallest absolute Gasteiger partial charge is 0.251 e. The van der Waals surface area contributed by atoms with Gasteiger partial charge in [-0.1, -0.05) is 0 Å². The van der Waals surface area contributed by atoms with Gasteiger partial charge in [0, 0.05) is 6.42 Å². The Bertz CT molecular complexity index is 405. The van der Waals surface area contributed by atoms with Crippen molar-refractivity contribution in [3.05, 3.63) is 0 Å². The molecule has 0 nitrogen and oxygen atoms in total. The van der Waals surface area contributed by atoms with Gasteiger partial charge in [-0.2, -0.15) is 57.1 Å². The summed E-state index contributed by atoms with van der Waals surface area (Å²) < 4.78 is 174. The van der Waals surface area contributed by atoms with Gasteiger partial charge >= 0.3 is 35.8 Å². The minimum atomic E-state index is -7.90. The molecule has 0 aliphatic heterocycles. The number of halogens is 14. The molecule has 140 valence electrons. The maximum absolute atomic E-state index is 12.9. The Morgan fingerprint density at radius 3 is 1.13 bits per heavy atom. The van der Waals surface area contributed by atoms with Crippen molar-refractivity contribution in [1.29, 1.82) is 0 Å². The van der Waals surface area contributed by atoms with E-state index in [4.69, 9.17) is 0 Å². The van der Waals surface area contributed by atoms with Crippen LogP contribution in [0, 0.1) is 0 Å². The molecule has 0 aliphatic carbocycles. The van der Waals surface area contributed by atoms with E-state index in [1.807, 2.05) is 0 Å². The molecule has 23 heavy (non-hydrogen) atoms. The zero-order chi connectivity index (χ0) is 19.1. The quantitative estimate of drug-likeness (QED) is 0.514. The maximum atomic E-state index is 12.9. The summed E-state index contributed by atoms with van der Waals surface area (Å²) in [6.07, 6.45) is -11.5. The average molecular weight is 380 g/mol. The number of hydrogen-bond donors (Lipinski definition) is 0. The van der Waals surface area contributed by atoms with Crippen molar-refractivity contribution in [2.24, 2.45) is 0 Å². The van der Waals surface area contributed by atoms with E-state index in [9.17, 15) is 61.5 Å². The van der Waals surface area contributed by atoms with Crippen LogP contribution >= 0.6 is 0 Å². The first-order chi connectivity index (χ1) is 9.81. The molecule has 0 atom stereocenters. The highest BCUT2D eigenvalue weighted by Gasteiger charge is 2.90. The molecule has 0 rings (SSSR count). The van der Waals surface area contributed by atoms with Crippen molar-refractivity contribution in [2.75, 3.05) is 6.67 Å². The molecule has 0 saturated heterocycles. The molecule has 0 aromatic heterocycles. The fourth-order valence-electron chi connectivity index (χ4n) is 1.25. The highest BCUT2D eigenvalue weighted by molar-refractivity contribution is 5.10. The molecule has 0 spiro atoms. The third-order valence-electron chi connectivity index (χ3n) is 2.62. The Hall–Kier alpha value is -0.980. The lowest BCUT2D eigenvalue weighted by atomic mass is 9.92. The average Bonchev–Trinajstić information content (AvgIpc) is 2.34. The maximum Gasteiger partial charge on any atom is 0.460 e. The summed E-state index contributed by atoms with van der Waals surface area (Å²) in [6.45, 7) is -1.79. The van der Waals surface area contributed by atoms with Crippen molar-refractivity contribution < 1.29 is 61.5 Å². The first-order valence-corrected chi connectivity index (χ1v) is 5.33. The molecule has 0 bridgehead atoms. The Kier molecular flexibility index (Phi) is 5.58. The van der Waals surface area contributed by atoms with Gasteiger partial charge in [-0.05, 0) is 6.42 Å². The lowest BCUT2D eigenvalue weighted by molar-refractivity contribution is -0.440. The second-order valence-electron chi connectivity index (χ2n) is 4.29. The van der Waals surface area contributed by atoms with Crippen LogP contribution in [-0.2, 0) is 0 Å². The fourth-order valence-corrected chi connectivity index (χ4v) is 1.25. The van der Waals surface area contributed by atoms with Crippen molar-refractivity contribution in [1.82, 2.24) is 0 Å². The lowest BCUT2D eigenvalue weighted by Gasteiger charge is -2.39. The first kappa shape index (κ1) is 22.0. The first-order valence-electron chi connectivity index (χ1n) is 5.33. The van der Waals surface area contributed by atoms with Crippen molar-refractivity contribution in [3.8, 4) is 0 Å². The van der Waals surface area contributed by atoms with Gasteiger partial charge in [0.2, 0.25) is 0 Å². The summed E-state index contributed by atoms with van der Waals surface area (Å²) in [5, 5.41) is 0. The second kappa shape index (κ2) is 5.83. The number of alkyl halides is 14. The minimum Gasteiger partial charge on any atom is -0.251 e. The van der Waals surface area contributed by atoms with Crippen LogP contribution in [0.3, 0.4) is 0 Å². The van der Waals surface area contributed by atoms with Gasteiger partial charge in [-0.15, -0.1) is 0 Å². The van der Waals surface area contributed by atoms with Crippen molar-refractivity contribution in [2.45, 2.75) is 48.6 Å². The third kappa shape index (κ3) is 3.16. The standard InChI is InChI=1S/C9H6F14/c10-3-1-2-4(11,12)5(13,14)6(15,16)7(17,18)8(19,20)9(21,22)23/h1-3H2. The lowest BCUT2D eigenvalue weighted by Crippen LogP contribution is -2.70. The molecule has 0 aliphatic rings. The Morgan fingerprint density at radius 2 is 0.826 bits per heavy atom. The van der Waals surface area contributed by atoms with Crippen molar-refractivity contribution >= 4 is 0 Å². The molecular weight excluding hydrogens is 374 g/mol. The van der Waals surface area contributed by atoms with E-state index < -0.39 is 55.3 Å². The molecule has 0 aromatic carbocycles. The van der Waals surface area contributed by atoms with E-state index in [-0.39, 0.29) is 0 Å². The molecular formula is C9H6F14.